The number of H-pyrrole nitrogens is 1. The number of aryl methyl sites for hydroxylation is 2. The molecule has 0 atom stereocenters. The molecule has 0 aliphatic heterocycles. The minimum Gasteiger partial charge on any atom is -0.381 e. The van der Waals surface area contributed by atoms with Crippen LogP contribution in [0.25, 0.3) is 11.3 Å². The molecule has 0 aromatic carbocycles. The molecule has 0 radical (unpaired) electrons. The number of hydrogen-bond donors (Lipinski definition) is 2. The Hall–Kier alpha value is -2.15. The maximum absolute atomic E-state index is 12.2. The fraction of sp³-hybridized carbons (Fsp3) is 0.588. The second-order valence-corrected chi connectivity index (χ2v) is 5.91. The lowest BCUT2D eigenvalue weighted by Crippen LogP contribution is -2.25. The zero-order valence-corrected chi connectivity index (χ0v) is 15.0. The molecule has 1 amide bonds. The average Bonchev–Trinajstić information content (AvgIpc) is 3.12. The van der Waals surface area contributed by atoms with E-state index in [1.54, 1.807) is 6.07 Å². The summed E-state index contributed by atoms with van der Waals surface area (Å²) in [5.41, 5.74) is 4.09. The van der Waals surface area contributed by atoms with Gasteiger partial charge in [0.15, 0.2) is 0 Å². The van der Waals surface area contributed by atoms with Gasteiger partial charge in [-0.2, -0.15) is 10.2 Å². The van der Waals surface area contributed by atoms with Crippen molar-refractivity contribution < 1.29 is 9.53 Å². The number of nitrogens with one attached hydrogen (secondary N) is 2. The van der Waals surface area contributed by atoms with Crippen molar-refractivity contribution in [2.24, 2.45) is 7.05 Å². The predicted molar refractivity (Wildman–Crippen MR) is 92.9 cm³/mol. The van der Waals surface area contributed by atoms with E-state index in [0.29, 0.717) is 18.8 Å². The van der Waals surface area contributed by atoms with Crippen LogP contribution in [0.15, 0.2) is 6.07 Å². The molecular formula is C17H27N5O2. The number of aromatic nitrogens is 4. The molecule has 0 aliphatic carbocycles. The van der Waals surface area contributed by atoms with E-state index in [1.165, 1.54) is 0 Å². The Kier molecular flexibility index (Phi) is 6.54. The molecular weight excluding hydrogens is 306 g/mol. The summed E-state index contributed by atoms with van der Waals surface area (Å²) in [7, 11) is 1.90. The highest BCUT2D eigenvalue weighted by atomic mass is 16.5. The largest absolute Gasteiger partial charge is 0.381 e. The van der Waals surface area contributed by atoms with Crippen LogP contribution in [0.3, 0.4) is 0 Å². The molecule has 0 spiro atoms. The van der Waals surface area contributed by atoms with Crippen molar-refractivity contribution in [1.82, 2.24) is 25.3 Å². The van der Waals surface area contributed by atoms with Gasteiger partial charge in [0.05, 0.1) is 11.4 Å². The molecule has 0 bridgehead atoms. The Morgan fingerprint density at radius 1 is 1.33 bits per heavy atom. The SMILES string of the molecule is CCCCOCCCNC(=O)c1cc(-c2c(C)nn(C)c2C)n[nH]1. The van der Waals surface area contributed by atoms with Gasteiger partial charge in [0.2, 0.25) is 0 Å². The van der Waals surface area contributed by atoms with E-state index in [1.807, 2.05) is 25.6 Å². The Bertz CT molecular complexity index is 675. The zero-order valence-electron chi connectivity index (χ0n) is 15.0. The van der Waals surface area contributed by atoms with E-state index < -0.39 is 0 Å². The summed E-state index contributed by atoms with van der Waals surface area (Å²) in [6, 6.07) is 1.77. The number of nitrogens with zero attached hydrogens (tertiary/aromatic N) is 3. The predicted octanol–water partition coefficient (Wildman–Crippen LogP) is 2.36. The van der Waals surface area contributed by atoms with Gasteiger partial charge in [-0.3, -0.25) is 14.6 Å². The van der Waals surface area contributed by atoms with Crippen molar-refractivity contribution in [3.8, 4) is 11.3 Å². The van der Waals surface area contributed by atoms with E-state index in [4.69, 9.17) is 4.74 Å². The fourth-order valence-corrected chi connectivity index (χ4v) is 2.53. The highest BCUT2D eigenvalue weighted by molar-refractivity contribution is 5.93. The zero-order chi connectivity index (χ0) is 17.5. The van der Waals surface area contributed by atoms with Crippen molar-refractivity contribution >= 4 is 5.91 Å². The number of rotatable bonds is 9. The van der Waals surface area contributed by atoms with Crippen LogP contribution >= 0.6 is 0 Å². The quantitative estimate of drug-likeness (QED) is 0.690. The first-order chi connectivity index (χ1) is 11.5. The Morgan fingerprint density at radius 3 is 2.75 bits per heavy atom. The molecule has 2 rings (SSSR count). The summed E-state index contributed by atoms with van der Waals surface area (Å²) in [5.74, 6) is -0.151. The van der Waals surface area contributed by atoms with E-state index in [2.05, 4.69) is 27.5 Å². The minimum absolute atomic E-state index is 0.151. The number of aromatic amines is 1. The first-order valence-electron chi connectivity index (χ1n) is 8.46. The Balaban J connectivity index is 1.85. The van der Waals surface area contributed by atoms with E-state index in [-0.39, 0.29) is 5.91 Å². The molecule has 0 aliphatic rings. The lowest BCUT2D eigenvalue weighted by atomic mass is 10.1. The summed E-state index contributed by atoms with van der Waals surface area (Å²) in [4.78, 5) is 12.2. The van der Waals surface area contributed by atoms with Gasteiger partial charge in [-0.1, -0.05) is 13.3 Å². The van der Waals surface area contributed by atoms with Crippen LogP contribution in [0.5, 0.6) is 0 Å². The normalized spacial score (nSPS) is 11.0. The molecule has 24 heavy (non-hydrogen) atoms. The van der Waals surface area contributed by atoms with E-state index in [9.17, 15) is 4.79 Å². The molecule has 7 nitrogen and oxygen atoms in total. The molecule has 2 aromatic heterocycles. The summed E-state index contributed by atoms with van der Waals surface area (Å²) >= 11 is 0. The molecule has 0 saturated heterocycles. The summed E-state index contributed by atoms with van der Waals surface area (Å²) in [6.07, 6.45) is 3.02. The fourth-order valence-electron chi connectivity index (χ4n) is 2.53. The number of unbranched alkanes of at least 4 members (excludes halogenated alkanes) is 1. The molecule has 132 valence electrons. The second-order valence-electron chi connectivity index (χ2n) is 5.91. The van der Waals surface area contributed by atoms with E-state index in [0.717, 1.165) is 48.5 Å². The molecule has 0 fully saturated rings. The molecule has 0 saturated carbocycles. The van der Waals surface area contributed by atoms with Crippen molar-refractivity contribution in [3.05, 3.63) is 23.1 Å². The minimum atomic E-state index is -0.151. The highest BCUT2D eigenvalue weighted by Gasteiger charge is 2.16. The smallest absolute Gasteiger partial charge is 0.269 e. The molecule has 0 unspecified atom stereocenters. The maximum Gasteiger partial charge on any atom is 0.269 e. The van der Waals surface area contributed by atoms with Gasteiger partial charge in [-0.05, 0) is 32.8 Å². The van der Waals surface area contributed by atoms with Gasteiger partial charge < -0.3 is 10.1 Å². The van der Waals surface area contributed by atoms with Gasteiger partial charge in [0.25, 0.3) is 5.91 Å². The molecule has 2 heterocycles. The third kappa shape index (κ3) is 4.44. The topological polar surface area (TPSA) is 84.8 Å². The van der Waals surface area contributed by atoms with Crippen molar-refractivity contribution in [1.29, 1.82) is 0 Å². The number of carbonyl (C=O) groups excluding carboxylic acids is 1. The van der Waals surface area contributed by atoms with Gasteiger partial charge >= 0.3 is 0 Å². The van der Waals surface area contributed by atoms with Crippen LogP contribution in [-0.2, 0) is 11.8 Å². The monoisotopic (exact) mass is 333 g/mol. The third-order valence-corrected chi connectivity index (χ3v) is 3.98. The van der Waals surface area contributed by atoms with Crippen LogP contribution in [0.1, 0.15) is 48.1 Å². The molecule has 7 heteroatoms. The standard InChI is InChI=1S/C17H27N5O2/c1-5-6-9-24-10-7-8-18-17(23)15-11-14(19-20-15)16-12(2)21-22(4)13(16)3/h11H,5-10H2,1-4H3,(H,18,23)(H,19,20). The molecule has 2 aromatic rings. The average molecular weight is 333 g/mol. The lowest BCUT2D eigenvalue weighted by Gasteiger charge is -2.04. The lowest BCUT2D eigenvalue weighted by molar-refractivity contribution is 0.0935. The van der Waals surface area contributed by atoms with Crippen LogP contribution < -0.4 is 5.32 Å². The summed E-state index contributed by atoms with van der Waals surface area (Å²) in [5, 5.41) is 14.3. The highest BCUT2D eigenvalue weighted by Crippen LogP contribution is 2.25. The van der Waals surface area contributed by atoms with Crippen molar-refractivity contribution in [2.75, 3.05) is 19.8 Å². The van der Waals surface area contributed by atoms with E-state index >= 15 is 0 Å². The van der Waals surface area contributed by atoms with Crippen LogP contribution in [0, 0.1) is 13.8 Å². The Morgan fingerprint density at radius 2 is 2.08 bits per heavy atom. The first kappa shape index (κ1) is 18.2. The van der Waals surface area contributed by atoms with Gasteiger partial charge in [0.1, 0.15) is 5.69 Å². The summed E-state index contributed by atoms with van der Waals surface area (Å²) < 4.78 is 7.29. The first-order valence-corrected chi connectivity index (χ1v) is 8.46. The number of amides is 1. The van der Waals surface area contributed by atoms with Gasteiger partial charge in [-0.15, -0.1) is 0 Å². The van der Waals surface area contributed by atoms with Crippen LogP contribution in [0.2, 0.25) is 0 Å². The van der Waals surface area contributed by atoms with Gasteiger partial charge in [-0.25, -0.2) is 0 Å². The van der Waals surface area contributed by atoms with Crippen molar-refractivity contribution in [2.45, 2.75) is 40.0 Å². The maximum atomic E-state index is 12.2. The third-order valence-electron chi connectivity index (χ3n) is 3.98. The van der Waals surface area contributed by atoms with Crippen LogP contribution in [-0.4, -0.2) is 45.6 Å². The number of hydrogen-bond acceptors (Lipinski definition) is 4. The number of carbonyl (C=O) groups is 1. The number of ether oxygens (including phenoxy) is 1. The Labute approximate surface area is 142 Å². The summed E-state index contributed by atoms with van der Waals surface area (Å²) in [6.45, 7) is 8.11. The van der Waals surface area contributed by atoms with Crippen molar-refractivity contribution in [3.63, 3.8) is 0 Å². The van der Waals surface area contributed by atoms with Gasteiger partial charge in [0, 0.05) is 38.1 Å². The second kappa shape index (κ2) is 8.63. The molecule has 2 N–H and O–H groups in total. The van der Waals surface area contributed by atoms with Crippen LogP contribution in [0.4, 0.5) is 0 Å².